The van der Waals surface area contributed by atoms with Gasteiger partial charge in [-0.3, -0.25) is 9.69 Å². The van der Waals surface area contributed by atoms with Crippen LogP contribution in [-0.2, 0) is 20.8 Å². The van der Waals surface area contributed by atoms with E-state index in [2.05, 4.69) is 14.6 Å². The Balaban J connectivity index is 1.82. The molecule has 0 N–H and O–H groups in total. The number of thiazole rings is 1. The molecular weight excluding hydrogens is 240 g/mol. The summed E-state index contributed by atoms with van der Waals surface area (Å²) in [6.45, 7) is 3.14. The number of methoxy groups -OCH3 is 1. The van der Waals surface area contributed by atoms with Crippen LogP contribution in [0.3, 0.4) is 0 Å². The molecule has 2 rings (SSSR count). The fourth-order valence-electron chi connectivity index (χ4n) is 1.84. The smallest absolute Gasteiger partial charge is 0.308 e. The average molecular weight is 256 g/mol. The molecule has 0 aliphatic carbocycles. The molecule has 2 heterocycles. The van der Waals surface area contributed by atoms with Gasteiger partial charge in [-0.25, -0.2) is 4.98 Å². The van der Waals surface area contributed by atoms with Crippen molar-refractivity contribution in [3.05, 3.63) is 16.6 Å². The predicted octanol–water partition coefficient (Wildman–Crippen LogP) is 0.907. The standard InChI is InChI=1S/C11H16N2O3S/c1-15-11(14)6-9-7-13(3-4-16-9)8-10-12-2-5-17-10/h2,5,9H,3-4,6-8H2,1H3. The van der Waals surface area contributed by atoms with Gasteiger partial charge < -0.3 is 9.47 Å². The molecule has 17 heavy (non-hydrogen) atoms. The molecule has 5 nitrogen and oxygen atoms in total. The fourth-order valence-corrected chi connectivity index (χ4v) is 2.50. The molecule has 0 amide bonds. The highest BCUT2D eigenvalue weighted by Gasteiger charge is 2.23. The molecule has 1 unspecified atom stereocenters. The molecule has 0 saturated carbocycles. The van der Waals surface area contributed by atoms with E-state index in [0.29, 0.717) is 13.0 Å². The lowest BCUT2D eigenvalue weighted by Crippen LogP contribution is -2.42. The van der Waals surface area contributed by atoms with E-state index in [4.69, 9.17) is 4.74 Å². The van der Waals surface area contributed by atoms with Gasteiger partial charge in [0.2, 0.25) is 0 Å². The summed E-state index contributed by atoms with van der Waals surface area (Å²) in [4.78, 5) is 17.7. The summed E-state index contributed by atoms with van der Waals surface area (Å²) in [7, 11) is 1.40. The number of ether oxygens (including phenoxy) is 2. The zero-order chi connectivity index (χ0) is 12.1. The van der Waals surface area contributed by atoms with Crippen LogP contribution in [0.15, 0.2) is 11.6 Å². The van der Waals surface area contributed by atoms with E-state index in [0.717, 1.165) is 24.6 Å². The third-order valence-corrected chi connectivity index (χ3v) is 3.45. The van der Waals surface area contributed by atoms with E-state index in [1.807, 2.05) is 11.6 Å². The topological polar surface area (TPSA) is 51.7 Å². The number of morpholine rings is 1. The van der Waals surface area contributed by atoms with Crippen LogP contribution in [0, 0.1) is 0 Å². The second-order valence-electron chi connectivity index (χ2n) is 3.93. The Bertz CT molecular complexity index is 356. The zero-order valence-corrected chi connectivity index (χ0v) is 10.6. The lowest BCUT2D eigenvalue weighted by Gasteiger charge is -2.31. The van der Waals surface area contributed by atoms with Crippen LogP contribution >= 0.6 is 11.3 Å². The summed E-state index contributed by atoms with van der Waals surface area (Å²) >= 11 is 1.65. The average Bonchev–Trinajstić information content (AvgIpc) is 2.82. The highest BCUT2D eigenvalue weighted by Crippen LogP contribution is 2.14. The number of esters is 1. The number of aromatic nitrogens is 1. The molecule has 1 aliphatic heterocycles. The number of rotatable bonds is 4. The SMILES string of the molecule is COC(=O)CC1CN(Cc2nccs2)CCO1. The van der Waals surface area contributed by atoms with Gasteiger partial charge in [0.05, 0.1) is 32.8 Å². The van der Waals surface area contributed by atoms with Crippen LogP contribution in [0.1, 0.15) is 11.4 Å². The Morgan fingerprint density at radius 3 is 3.35 bits per heavy atom. The molecule has 1 aromatic heterocycles. The van der Waals surface area contributed by atoms with Gasteiger partial charge in [0.1, 0.15) is 5.01 Å². The first-order valence-corrected chi connectivity index (χ1v) is 6.45. The highest BCUT2D eigenvalue weighted by atomic mass is 32.1. The predicted molar refractivity (Wildman–Crippen MR) is 63.8 cm³/mol. The van der Waals surface area contributed by atoms with Crippen LogP contribution in [0.5, 0.6) is 0 Å². The summed E-state index contributed by atoms with van der Waals surface area (Å²) in [6.07, 6.45) is 2.08. The second-order valence-corrected chi connectivity index (χ2v) is 4.91. The minimum absolute atomic E-state index is 0.0591. The molecular formula is C11H16N2O3S. The van der Waals surface area contributed by atoms with Crippen molar-refractivity contribution in [2.45, 2.75) is 19.1 Å². The quantitative estimate of drug-likeness (QED) is 0.749. The first-order chi connectivity index (χ1) is 8.28. The zero-order valence-electron chi connectivity index (χ0n) is 9.80. The van der Waals surface area contributed by atoms with Gasteiger partial charge in [0.25, 0.3) is 0 Å². The Kier molecular flexibility index (Phi) is 4.47. The molecule has 0 spiro atoms. The summed E-state index contributed by atoms with van der Waals surface area (Å²) in [5.41, 5.74) is 0. The number of carbonyl (C=O) groups is 1. The van der Waals surface area contributed by atoms with E-state index in [1.54, 1.807) is 11.3 Å². The summed E-state index contributed by atoms with van der Waals surface area (Å²) in [5, 5.41) is 3.07. The minimum atomic E-state index is -0.217. The maximum Gasteiger partial charge on any atom is 0.308 e. The number of carbonyl (C=O) groups excluding carboxylic acids is 1. The molecule has 1 atom stereocenters. The van der Waals surface area contributed by atoms with Gasteiger partial charge in [0.15, 0.2) is 0 Å². The van der Waals surface area contributed by atoms with Crippen molar-refractivity contribution in [2.75, 3.05) is 26.8 Å². The van der Waals surface area contributed by atoms with Crippen molar-refractivity contribution in [2.24, 2.45) is 0 Å². The van der Waals surface area contributed by atoms with Crippen molar-refractivity contribution in [1.29, 1.82) is 0 Å². The number of hydrogen-bond donors (Lipinski definition) is 0. The third-order valence-electron chi connectivity index (χ3n) is 2.69. The number of nitrogens with zero attached hydrogens (tertiary/aromatic N) is 2. The van der Waals surface area contributed by atoms with Gasteiger partial charge in [-0.15, -0.1) is 11.3 Å². The van der Waals surface area contributed by atoms with Crippen LogP contribution in [0.25, 0.3) is 0 Å². The van der Waals surface area contributed by atoms with Crippen LogP contribution in [0.2, 0.25) is 0 Å². The monoisotopic (exact) mass is 256 g/mol. The third kappa shape index (κ3) is 3.76. The normalized spacial score (nSPS) is 21.4. The Morgan fingerprint density at radius 2 is 2.65 bits per heavy atom. The van der Waals surface area contributed by atoms with Gasteiger partial charge in [-0.2, -0.15) is 0 Å². The molecule has 6 heteroatoms. The minimum Gasteiger partial charge on any atom is -0.469 e. The maximum atomic E-state index is 11.2. The van der Waals surface area contributed by atoms with Crippen molar-refractivity contribution in [3.63, 3.8) is 0 Å². The van der Waals surface area contributed by atoms with Crippen LogP contribution in [-0.4, -0.2) is 48.8 Å². The van der Waals surface area contributed by atoms with Crippen molar-refractivity contribution < 1.29 is 14.3 Å². The summed E-state index contributed by atoms with van der Waals surface area (Å²) in [5.74, 6) is -0.217. The molecule has 1 aliphatic rings. The number of hydrogen-bond acceptors (Lipinski definition) is 6. The van der Waals surface area contributed by atoms with E-state index in [-0.39, 0.29) is 12.1 Å². The summed E-state index contributed by atoms with van der Waals surface area (Å²) < 4.78 is 10.2. The summed E-state index contributed by atoms with van der Waals surface area (Å²) in [6, 6.07) is 0. The highest BCUT2D eigenvalue weighted by molar-refractivity contribution is 7.09. The van der Waals surface area contributed by atoms with E-state index < -0.39 is 0 Å². The Hall–Kier alpha value is -0.980. The van der Waals surface area contributed by atoms with Gasteiger partial charge in [-0.05, 0) is 0 Å². The molecule has 0 aromatic carbocycles. The molecule has 0 radical (unpaired) electrons. The molecule has 1 fully saturated rings. The molecule has 94 valence electrons. The largest absolute Gasteiger partial charge is 0.469 e. The van der Waals surface area contributed by atoms with Crippen LogP contribution < -0.4 is 0 Å². The lowest BCUT2D eigenvalue weighted by molar-refractivity contribution is -0.145. The second kappa shape index (κ2) is 6.09. The van der Waals surface area contributed by atoms with Gasteiger partial charge in [-0.1, -0.05) is 0 Å². The fraction of sp³-hybridized carbons (Fsp3) is 0.636. The van der Waals surface area contributed by atoms with Gasteiger partial charge >= 0.3 is 5.97 Å². The van der Waals surface area contributed by atoms with Crippen LogP contribution in [0.4, 0.5) is 0 Å². The molecule has 0 bridgehead atoms. The molecule has 1 saturated heterocycles. The van der Waals surface area contributed by atoms with Crippen molar-refractivity contribution >= 4 is 17.3 Å². The lowest BCUT2D eigenvalue weighted by atomic mass is 10.2. The molecule has 1 aromatic rings. The first kappa shape index (κ1) is 12.5. The first-order valence-electron chi connectivity index (χ1n) is 5.57. The van der Waals surface area contributed by atoms with Crippen molar-refractivity contribution in [3.8, 4) is 0 Å². The Morgan fingerprint density at radius 1 is 1.76 bits per heavy atom. The maximum absolute atomic E-state index is 11.2. The van der Waals surface area contributed by atoms with E-state index in [9.17, 15) is 4.79 Å². The van der Waals surface area contributed by atoms with Crippen molar-refractivity contribution in [1.82, 2.24) is 9.88 Å². The van der Waals surface area contributed by atoms with Gasteiger partial charge in [0, 0.05) is 24.7 Å². The van der Waals surface area contributed by atoms with E-state index >= 15 is 0 Å². The Labute approximate surface area is 104 Å². The van der Waals surface area contributed by atoms with E-state index in [1.165, 1.54) is 7.11 Å².